The monoisotopic (exact) mass is 268 g/mol. The summed E-state index contributed by atoms with van der Waals surface area (Å²) < 4.78 is 0. The van der Waals surface area contributed by atoms with Crippen molar-refractivity contribution in [1.82, 2.24) is 10.3 Å². The minimum atomic E-state index is -0.180. The maximum atomic E-state index is 9.41. The molecule has 0 saturated carbocycles. The van der Waals surface area contributed by atoms with E-state index in [9.17, 15) is 5.11 Å². The molecule has 0 bridgehead atoms. The first-order chi connectivity index (χ1) is 8.49. The van der Waals surface area contributed by atoms with Crippen LogP contribution < -0.4 is 5.32 Å². The van der Waals surface area contributed by atoms with Gasteiger partial charge in [0.25, 0.3) is 0 Å². The molecule has 0 aromatic carbocycles. The Hall–Kier alpha value is -0.580. The summed E-state index contributed by atoms with van der Waals surface area (Å²) >= 11 is 1.75. The number of aryl methyl sites for hydroxylation is 2. The van der Waals surface area contributed by atoms with Crippen molar-refractivity contribution in [2.75, 3.05) is 18.9 Å². The fourth-order valence-electron chi connectivity index (χ4n) is 1.91. The third-order valence-corrected chi connectivity index (χ3v) is 3.84. The summed E-state index contributed by atoms with van der Waals surface area (Å²) in [6, 6.07) is 4.20. The van der Waals surface area contributed by atoms with Crippen LogP contribution in [0.2, 0.25) is 0 Å². The Morgan fingerprint density at radius 3 is 2.67 bits per heavy atom. The molecule has 0 fully saturated rings. The number of nitrogens with zero attached hydrogens (tertiary/aromatic N) is 1. The molecule has 1 aromatic rings. The Bertz CT molecular complexity index is 364. The number of nitrogens with one attached hydrogen (secondary N) is 1. The third-order valence-electron chi connectivity index (χ3n) is 2.93. The molecule has 0 aliphatic heterocycles. The van der Waals surface area contributed by atoms with Crippen molar-refractivity contribution in [3.63, 3.8) is 0 Å². The van der Waals surface area contributed by atoms with Crippen molar-refractivity contribution in [1.29, 1.82) is 0 Å². The SMILES string of the molecule is CCNC(C)(CO)CCSc1cc(C)cc(C)n1. The Kier molecular flexibility index (Phi) is 6.12. The van der Waals surface area contributed by atoms with E-state index in [-0.39, 0.29) is 12.1 Å². The van der Waals surface area contributed by atoms with Crippen molar-refractivity contribution in [2.45, 2.75) is 44.7 Å². The minimum absolute atomic E-state index is 0.168. The summed E-state index contributed by atoms with van der Waals surface area (Å²) in [5.41, 5.74) is 2.14. The van der Waals surface area contributed by atoms with Crippen LogP contribution in [0, 0.1) is 13.8 Å². The first-order valence-electron chi connectivity index (χ1n) is 6.43. The van der Waals surface area contributed by atoms with Crippen LogP contribution >= 0.6 is 11.8 Å². The van der Waals surface area contributed by atoms with Crippen molar-refractivity contribution < 1.29 is 5.11 Å². The van der Waals surface area contributed by atoms with Crippen LogP contribution in [0.5, 0.6) is 0 Å². The van der Waals surface area contributed by atoms with Gasteiger partial charge in [-0.05, 0) is 51.4 Å². The summed E-state index contributed by atoms with van der Waals surface area (Å²) in [4.78, 5) is 4.51. The highest BCUT2D eigenvalue weighted by Gasteiger charge is 2.21. The van der Waals surface area contributed by atoms with Gasteiger partial charge in [-0.1, -0.05) is 6.92 Å². The molecule has 0 radical (unpaired) electrons. The number of hydrogen-bond acceptors (Lipinski definition) is 4. The second-order valence-electron chi connectivity index (χ2n) is 4.97. The lowest BCUT2D eigenvalue weighted by Crippen LogP contribution is -2.46. The molecular formula is C14H24N2OS. The zero-order chi connectivity index (χ0) is 13.6. The van der Waals surface area contributed by atoms with E-state index in [4.69, 9.17) is 0 Å². The van der Waals surface area contributed by atoms with Gasteiger partial charge in [0.05, 0.1) is 11.6 Å². The van der Waals surface area contributed by atoms with Crippen LogP contribution in [0.1, 0.15) is 31.5 Å². The molecule has 18 heavy (non-hydrogen) atoms. The van der Waals surface area contributed by atoms with Crippen LogP contribution in [0.3, 0.4) is 0 Å². The van der Waals surface area contributed by atoms with Gasteiger partial charge in [-0.3, -0.25) is 0 Å². The summed E-state index contributed by atoms with van der Waals surface area (Å²) in [5.74, 6) is 0.958. The van der Waals surface area contributed by atoms with Crippen molar-refractivity contribution in [3.8, 4) is 0 Å². The predicted octanol–water partition coefficient (Wildman–Crippen LogP) is 2.54. The molecule has 1 aromatic heterocycles. The molecule has 4 heteroatoms. The third kappa shape index (κ3) is 4.96. The molecule has 0 aliphatic carbocycles. The van der Waals surface area contributed by atoms with Crippen molar-refractivity contribution in [3.05, 3.63) is 23.4 Å². The summed E-state index contributed by atoms with van der Waals surface area (Å²) in [7, 11) is 0. The summed E-state index contributed by atoms with van der Waals surface area (Å²) in [6.07, 6.45) is 0.927. The number of pyridine rings is 1. The van der Waals surface area contributed by atoms with E-state index in [1.807, 2.05) is 6.92 Å². The number of aliphatic hydroxyl groups excluding tert-OH is 1. The average molecular weight is 268 g/mol. The van der Waals surface area contributed by atoms with Gasteiger partial charge in [0.2, 0.25) is 0 Å². The molecule has 0 saturated heterocycles. The zero-order valence-corrected chi connectivity index (χ0v) is 12.6. The number of rotatable bonds is 7. The standard InChI is InChI=1S/C14H24N2OS/c1-5-15-14(4,10-17)6-7-18-13-9-11(2)8-12(3)16-13/h8-9,15,17H,5-7,10H2,1-4H3. The van der Waals surface area contributed by atoms with Crippen molar-refractivity contribution in [2.24, 2.45) is 0 Å². The van der Waals surface area contributed by atoms with E-state index in [0.29, 0.717) is 0 Å². The van der Waals surface area contributed by atoms with Gasteiger partial charge in [-0.2, -0.15) is 0 Å². The van der Waals surface area contributed by atoms with Gasteiger partial charge in [0.1, 0.15) is 0 Å². The maximum Gasteiger partial charge on any atom is 0.0965 e. The van der Waals surface area contributed by atoms with Gasteiger partial charge >= 0.3 is 0 Å². The summed E-state index contributed by atoms with van der Waals surface area (Å²) in [6.45, 7) is 9.28. The molecule has 1 atom stereocenters. The zero-order valence-electron chi connectivity index (χ0n) is 11.8. The van der Waals surface area contributed by atoms with Crippen LogP contribution in [-0.4, -0.2) is 34.5 Å². The first kappa shape index (κ1) is 15.5. The van der Waals surface area contributed by atoms with Crippen LogP contribution in [0.15, 0.2) is 17.2 Å². The number of thioether (sulfide) groups is 1. The van der Waals surface area contributed by atoms with E-state index in [0.717, 1.165) is 29.4 Å². The molecular weight excluding hydrogens is 244 g/mol. The quantitative estimate of drug-likeness (QED) is 0.746. The fraction of sp³-hybridized carbons (Fsp3) is 0.643. The van der Waals surface area contributed by atoms with E-state index < -0.39 is 0 Å². The average Bonchev–Trinajstić information content (AvgIpc) is 2.28. The largest absolute Gasteiger partial charge is 0.394 e. The lowest BCUT2D eigenvalue weighted by Gasteiger charge is -2.28. The fourth-order valence-corrected chi connectivity index (χ4v) is 3.15. The van der Waals surface area contributed by atoms with Crippen LogP contribution in [0.4, 0.5) is 0 Å². The Labute approximate surface area is 114 Å². The number of aromatic nitrogens is 1. The lowest BCUT2D eigenvalue weighted by atomic mass is 10.0. The highest BCUT2D eigenvalue weighted by molar-refractivity contribution is 7.99. The number of hydrogen-bond donors (Lipinski definition) is 2. The highest BCUT2D eigenvalue weighted by Crippen LogP contribution is 2.21. The second-order valence-corrected chi connectivity index (χ2v) is 6.09. The van der Waals surface area contributed by atoms with Crippen LogP contribution in [0.25, 0.3) is 0 Å². The smallest absolute Gasteiger partial charge is 0.0965 e. The maximum absolute atomic E-state index is 9.41. The van der Waals surface area contributed by atoms with Gasteiger partial charge in [0, 0.05) is 17.0 Å². The molecule has 1 heterocycles. The number of likely N-dealkylation sites (N-methyl/N-ethyl adjacent to an activating group) is 1. The lowest BCUT2D eigenvalue weighted by molar-refractivity contribution is 0.173. The van der Waals surface area contributed by atoms with Gasteiger partial charge in [-0.15, -0.1) is 11.8 Å². The highest BCUT2D eigenvalue weighted by atomic mass is 32.2. The molecule has 0 amide bonds. The van der Waals surface area contributed by atoms with Gasteiger partial charge in [-0.25, -0.2) is 4.98 Å². The molecule has 1 unspecified atom stereocenters. The minimum Gasteiger partial charge on any atom is -0.394 e. The second kappa shape index (κ2) is 7.12. The molecule has 0 spiro atoms. The number of aliphatic hydroxyl groups is 1. The molecule has 3 nitrogen and oxygen atoms in total. The molecule has 0 aliphatic rings. The normalized spacial score (nSPS) is 14.5. The van der Waals surface area contributed by atoms with Crippen LogP contribution in [-0.2, 0) is 0 Å². The van der Waals surface area contributed by atoms with Crippen molar-refractivity contribution >= 4 is 11.8 Å². The van der Waals surface area contributed by atoms with Gasteiger partial charge < -0.3 is 10.4 Å². The Morgan fingerprint density at radius 1 is 1.39 bits per heavy atom. The van der Waals surface area contributed by atoms with Gasteiger partial charge in [0.15, 0.2) is 0 Å². The van der Waals surface area contributed by atoms with E-state index in [1.54, 1.807) is 11.8 Å². The molecule has 102 valence electrons. The first-order valence-corrected chi connectivity index (χ1v) is 7.41. The Morgan fingerprint density at radius 2 is 2.11 bits per heavy atom. The molecule has 1 rings (SSSR count). The predicted molar refractivity (Wildman–Crippen MR) is 78.2 cm³/mol. The summed E-state index contributed by atoms with van der Waals surface area (Å²) in [5, 5.41) is 13.8. The van der Waals surface area contributed by atoms with E-state index in [2.05, 4.69) is 43.2 Å². The van der Waals surface area contributed by atoms with E-state index >= 15 is 0 Å². The Balaban J connectivity index is 2.50. The van der Waals surface area contributed by atoms with E-state index in [1.165, 1.54) is 5.56 Å². The molecule has 2 N–H and O–H groups in total. The topological polar surface area (TPSA) is 45.1 Å².